The van der Waals surface area contributed by atoms with Gasteiger partial charge in [-0.25, -0.2) is 0 Å². The van der Waals surface area contributed by atoms with Gasteiger partial charge in [0.25, 0.3) is 5.91 Å². The highest BCUT2D eigenvalue weighted by molar-refractivity contribution is 5.94. The first-order chi connectivity index (χ1) is 15.8. The average Bonchev–Trinajstić information content (AvgIpc) is 2.84. The molecule has 1 amide bonds. The zero-order chi connectivity index (χ0) is 23.4. The molecule has 2 aromatic carbocycles. The molecule has 0 saturated carbocycles. The molecule has 172 valence electrons. The Labute approximate surface area is 189 Å². The molecule has 1 N–H and O–H groups in total. The second-order valence-corrected chi connectivity index (χ2v) is 7.81. The van der Waals surface area contributed by atoms with E-state index >= 15 is 0 Å². The third-order valence-corrected chi connectivity index (χ3v) is 5.57. The molecule has 0 bridgehead atoms. The smallest absolute Gasteiger partial charge is 0.416 e. The molecule has 1 saturated heterocycles. The Kier molecular flexibility index (Phi) is 6.48. The number of piperidine rings is 1. The summed E-state index contributed by atoms with van der Waals surface area (Å²) in [6.45, 7) is 1.24. The maximum absolute atomic E-state index is 12.9. The number of amides is 1. The zero-order valence-electron chi connectivity index (χ0n) is 18.0. The van der Waals surface area contributed by atoms with Crippen molar-refractivity contribution in [1.82, 2.24) is 15.5 Å². The van der Waals surface area contributed by atoms with Crippen LogP contribution in [0.2, 0.25) is 0 Å². The number of halogens is 3. The van der Waals surface area contributed by atoms with E-state index in [4.69, 9.17) is 4.74 Å². The number of alkyl halides is 3. The molecule has 3 aromatic rings. The molecule has 4 rings (SSSR count). The lowest BCUT2D eigenvalue weighted by Crippen LogP contribution is -2.48. The molecule has 1 fully saturated rings. The van der Waals surface area contributed by atoms with Crippen LogP contribution in [0.3, 0.4) is 0 Å². The van der Waals surface area contributed by atoms with Crippen LogP contribution < -0.4 is 15.0 Å². The number of nitrogens with one attached hydrogen (secondary N) is 1. The van der Waals surface area contributed by atoms with Crippen LogP contribution in [0.4, 0.5) is 19.0 Å². The second kappa shape index (κ2) is 9.48. The molecule has 1 aliphatic rings. The van der Waals surface area contributed by atoms with Gasteiger partial charge in [0.05, 0.1) is 18.4 Å². The summed E-state index contributed by atoms with van der Waals surface area (Å²) in [5, 5.41) is 11.5. The standard InChI is InChI=1S/C24H23F3N4O2/c1-33-21-10-3-2-9-19(21)20-11-12-22(30-29-20)31-13-5-8-18(15-31)28-23(32)16-6-4-7-17(14-16)24(25,26)27/h2-4,6-7,9-12,14,18H,5,8,13,15H2,1H3,(H,28,32). The Morgan fingerprint density at radius 2 is 1.91 bits per heavy atom. The Morgan fingerprint density at radius 3 is 2.64 bits per heavy atom. The number of hydrogen-bond acceptors (Lipinski definition) is 5. The summed E-state index contributed by atoms with van der Waals surface area (Å²) < 4.78 is 44.2. The largest absolute Gasteiger partial charge is 0.496 e. The highest BCUT2D eigenvalue weighted by atomic mass is 19.4. The van der Waals surface area contributed by atoms with Crippen molar-refractivity contribution in [3.8, 4) is 17.0 Å². The summed E-state index contributed by atoms with van der Waals surface area (Å²) in [4.78, 5) is 14.6. The van der Waals surface area contributed by atoms with Gasteiger partial charge in [-0.3, -0.25) is 4.79 Å². The summed E-state index contributed by atoms with van der Waals surface area (Å²) in [5.41, 5.74) is 0.667. The molecule has 9 heteroatoms. The predicted octanol–water partition coefficient (Wildman–Crippen LogP) is 4.57. The van der Waals surface area contributed by atoms with Crippen LogP contribution in [0, 0.1) is 0 Å². The number of ether oxygens (including phenoxy) is 1. The second-order valence-electron chi connectivity index (χ2n) is 7.81. The summed E-state index contributed by atoms with van der Waals surface area (Å²) in [5.74, 6) is 0.854. The normalized spacial score (nSPS) is 16.4. The van der Waals surface area contributed by atoms with Crippen molar-refractivity contribution in [2.45, 2.75) is 25.1 Å². The van der Waals surface area contributed by atoms with Gasteiger partial charge in [0.2, 0.25) is 0 Å². The van der Waals surface area contributed by atoms with Crippen LogP contribution in [0.1, 0.15) is 28.8 Å². The molecule has 1 atom stereocenters. The highest BCUT2D eigenvalue weighted by Crippen LogP contribution is 2.30. The number of para-hydroxylation sites is 1. The van der Waals surface area contributed by atoms with Crippen LogP contribution in [-0.2, 0) is 6.18 Å². The van der Waals surface area contributed by atoms with Gasteiger partial charge >= 0.3 is 6.18 Å². The summed E-state index contributed by atoms with van der Waals surface area (Å²) >= 11 is 0. The molecule has 1 unspecified atom stereocenters. The molecule has 2 heterocycles. The minimum absolute atomic E-state index is 0.0112. The number of carbonyl (C=O) groups excluding carboxylic acids is 1. The predicted molar refractivity (Wildman–Crippen MR) is 118 cm³/mol. The first-order valence-corrected chi connectivity index (χ1v) is 10.6. The molecule has 0 aliphatic carbocycles. The number of nitrogens with zero attached hydrogens (tertiary/aromatic N) is 3. The fourth-order valence-electron chi connectivity index (χ4n) is 3.90. The van der Waals surface area contributed by atoms with Crippen molar-refractivity contribution in [2.24, 2.45) is 0 Å². The van der Waals surface area contributed by atoms with Crippen molar-refractivity contribution in [3.63, 3.8) is 0 Å². The van der Waals surface area contributed by atoms with Gasteiger partial charge < -0.3 is 15.0 Å². The number of methoxy groups -OCH3 is 1. The minimum atomic E-state index is -4.49. The minimum Gasteiger partial charge on any atom is -0.496 e. The Hall–Kier alpha value is -3.62. The summed E-state index contributed by atoms with van der Waals surface area (Å²) in [6, 6.07) is 15.5. The molecular weight excluding hydrogens is 433 g/mol. The van der Waals surface area contributed by atoms with Crippen molar-refractivity contribution in [2.75, 3.05) is 25.1 Å². The van der Waals surface area contributed by atoms with Gasteiger partial charge in [0, 0.05) is 30.3 Å². The quantitative estimate of drug-likeness (QED) is 0.609. The Bertz CT molecular complexity index is 1120. The van der Waals surface area contributed by atoms with Gasteiger partial charge in [-0.2, -0.15) is 13.2 Å². The third-order valence-electron chi connectivity index (χ3n) is 5.57. The van der Waals surface area contributed by atoms with Gasteiger partial charge in [-0.15, -0.1) is 10.2 Å². The van der Waals surface area contributed by atoms with E-state index in [1.165, 1.54) is 12.1 Å². The van der Waals surface area contributed by atoms with E-state index in [0.717, 1.165) is 37.1 Å². The fourth-order valence-corrected chi connectivity index (χ4v) is 3.90. The topological polar surface area (TPSA) is 67.3 Å². The van der Waals surface area contributed by atoms with E-state index in [2.05, 4.69) is 15.5 Å². The first-order valence-electron chi connectivity index (χ1n) is 10.6. The van der Waals surface area contributed by atoms with Gasteiger partial charge in [-0.05, 0) is 55.3 Å². The molecular formula is C24H23F3N4O2. The number of aromatic nitrogens is 2. The van der Waals surface area contributed by atoms with Crippen molar-refractivity contribution >= 4 is 11.7 Å². The molecule has 1 aliphatic heterocycles. The van der Waals surface area contributed by atoms with Gasteiger partial charge in [0.15, 0.2) is 5.82 Å². The SMILES string of the molecule is COc1ccccc1-c1ccc(N2CCCC(NC(=O)c3cccc(C(F)(F)F)c3)C2)nn1. The van der Waals surface area contributed by atoms with Crippen LogP contribution in [0.25, 0.3) is 11.3 Å². The van der Waals surface area contributed by atoms with Crippen LogP contribution >= 0.6 is 0 Å². The first kappa shape index (κ1) is 22.6. The van der Waals surface area contributed by atoms with Crippen LogP contribution in [-0.4, -0.2) is 42.3 Å². The van der Waals surface area contributed by atoms with E-state index in [0.29, 0.717) is 23.8 Å². The lowest BCUT2D eigenvalue weighted by molar-refractivity contribution is -0.137. The van der Waals surface area contributed by atoms with E-state index in [-0.39, 0.29) is 11.6 Å². The summed E-state index contributed by atoms with van der Waals surface area (Å²) in [6.07, 6.45) is -2.95. The van der Waals surface area contributed by atoms with Crippen molar-refractivity contribution in [3.05, 3.63) is 71.8 Å². The number of benzene rings is 2. The molecule has 33 heavy (non-hydrogen) atoms. The fraction of sp³-hybridized carbons (Fsp3) is 0.292. The number of anilines is 1. The Balaban J connectivity index is 1.43. The molecule has 0 spiro atoms. The Morgan fingerprint density at radius 1 is 1.09 bits per heavy atom. The number of hydrogen-bond donors (Lipinski definition) is 1. The number of carbonyl (C=O) groups is 1. The van der Waals surface area contributed by atoms with E-state index in [1.54, 1.807) is 7.11 Å². The highest BCUT2D eigenvalue weighted by Gasteiger charge is 2.31. The van der Waals surface area contributed by atoms with E-state index in [1.807, 2.05) is 41.3 Å². The maximum atomic E-state index is 12.9. The van der Waals surface area contributed by atoms with Crippen molar-refractivity contribution < 1.29 is 22.7 Å². The zero-order valence-corrected chi connectivity index (χ0v) is 18.0. The lowest BCUT2D eigenvalue weighted by Gasteiger charge is -2.33. The average molecular weight is 456 g/mol. The number of rotatable bonds is 5. The van der Waals surface area contributed by atoms with Gasteiger partial charge in [-0.1, -0.05) is 18.2 Å². The van der Waals surface area contributed by atoms with E-state index < -0.39 is 17.6 Å². The van der Waals surface area contributed by atoms with Crippen LogP contribution in [0.5, 0.6) is 5.75 Å². The van der Waals surface area contributed by atoms with Crippen LogP contribution in [0.15, 0.2) is 60.7 Å². The monoisotopic (exact) mass is 456 g/mol. The molecule has 0 radical (unpaired) electrons. The van der Waals surface area contributed by atoms with Crippen molar-refractivity contribution in [1.29, 1.82) is 0 Å². The maximum Gasteiger partial charge on any atom is 0.416 e. The lowest BCUT2D eigenvalue weighted by atomic mass is 10.0. The molecule has 6 nitrogen and oxygen atoms in total. The van der Waals surface area contributed by atoms with Gasteiger partial charge in [0.1, 0.15) is 5.75 Å². The molecule has 1 aromatic heterocycles. The summed E-state index contributed by atoms with van der Waals surface area (Å²) in [7, 11) is 1.60. The van der Waals surface area contributed by atoms with E-state index in [9.17, 15) is 18.0 Å². The third kappa shape index (κ3) is 5.24.